The summed E-state index contributed by atoms with van der Waals surface area (Å²) >= 11 is 0. The van der Waals surface area contributed by atoms with E-state index in [1.807, 2.05) is 6.92 Å². The molecule has 5 heteroatoms. The van der Waals surface area contributed by atoms with Gasteiger partial charge in [0.25, 0.3) is 0 Å². The van der Waals surface area contributed by atoms with Gasteiger partial charge in [0.15, 0.2) is 23.3 Å². The predicted molar refractivity (Wildman–Crippen MR) is 51.0 cm³/mol. The summed E-state index contributed by atoms with van der Waals surface area (Å²) in [6.45, 7) is 2.59. The lowest BCUT2D eigenvalue weighted by Gasteiger charge is -2.09. The Kier molecular flexibility index (Phi) is 4.29. The average molecular weight is 236 g/mol. The fourth-order valence-corrected chi connectivity index (χ4v) is 1.23. The minimum atomic E-state index is -1.38. The highest BCUT2D eigenvalue weighted by Gasteiger charge is 2.22. The van der Waals surface area contributed by atoms with Gasteiger partial charge in [-0.05, 0) is 13.3 Å². The van der Waals surface area contributed by atoms with Gasteiger partial charge in [-0.25, -0.2) is 17.6 Å². The van der Waals surface area contributed by atoms with E-state index in [0.717, 1.165) is 6.92 Å². The average Bonchev–Trinajstić information content (AvgIpc) is 2.28. The number of hydrogen-bond donors (Lipinski definition) is 0. The summed E-state index contributed by atoms with van der Waals surface area (Å²) in [5, 5.41) is 0. The lowest BCUT2D eigenvalue weighted by Crippen LogP contribution is -2.08. The zero-order chi connectivity index (χ0) is 12.3. The first-order valence-electron chi connectivity index (χ1n) is 4.89. The number of hydrogen-bond acceptors (Lipinski definition) is 1. The van der Waals surface area contributed by atoms with Gasteiger partial charge in [-0.15, -0.1) is 0 Å². The first-order valence-corrected chi connectivity index (χ1v) is 4.89. The van der Waals surface area contributed by atoms with Crippen molar-refractivity contribution in [2.75, 3.05) is 6.61 Å². The van der Waals surface area contributed by atoms with Crippen molar-refractivity contribution in [2.24, 2.45) is 0 Å². The monoisotopic (exact) mass is 236 g/mol. The summed E-state index contributed by atoms with van der Waals surface area (Å²) in [5.74, 6) is -5.50. The maximum absolute atomic E-state index is 13.3. The molecule has 1 rings (SSSR count). The third kappa shape index (κ3) is 2.35. The first kappa shape index (κ1) is 13.0. The van der Waals surface area contributed by atoms with E-state index in [4.69, 9.17) is 4.74 Å². The second kappa shape index (κ2) is 5.30. The quantitative estimate of drug-likeness (QED) is 0.442. The van der Waals surface area contributed by atoms with Gasteiger partial charge in [0.1, 0.15) is 0 Å². The van der Waals surface area contributed by atoms with Gasteiger partial charge in [0.05, 0.1) is 12.2 Å². The van der Waals surface area contributed by atoms with Crippen LogP contribution in [0.3, 0.4) is 0 Å². The lowest BCUT2D eigenvalue weighted by molar-refractivity contribution is 0.115. The number of rotatable bonds is 4. The second-order valence-corrected chi connectivity index (χ2v) is 3.41. The molecule has 0 aromatic heterocycles. The molecule has 0 saturated heterocycles. The smallest absolute Gasteiger partial charge is 0.167 e. The van der Waals surface area contributed by atoms with Crippen LogP contribution < -0.4 is 0 Å². The van der Waals surface area contributed by atoms with E-state index in [9.17, 15) is 17.6 Å². The molecule has 1 aromatic carbocycles. The van der Waals surface area contributed by atoms with Gasteiger partial charge in [0.2, 0.25) is 0 Å². The van der Waals surface area contributed by atoms with Gasteiger partial charge < -0.3 is 4.74 Å². The molecule has 0 radical (unpaired) electrons. The molecule has 0 heterocycles. The molecule has 1 nitrogen and oxygen atoms in total. The van der Waals surface area contributed by atoms with Crippen molar-refractivity contribution in [3.63, 3.8) is 0 Å². The summed E-state index contributed by atoms with van der Waals surface area (Å²) in [7, 11) is 0. The second-order valence-electron chi connectivity index (χ2n) is 3.41. The topological polar surface area (TPSA) is 9.23 Å². The Morgan fingerprint density at radius 1 is 0.938 bits per heavy atom. The molecule has 0 spiro atoms. The molecular weight excluding hydrogens is 224 g/mol. The molecule has 0 bridgehead atoms. The third-order valence-corrected chi connectivity index (χ3v) is 2.17. The maximum Gasteiger partial charge on any atom is 0.167 e. The molecule has 0 aliphatic rings. The molecule has 0 fully saturated rings. The van der Waals surface area contributed by atoms with E-state index in [1.54, 1.807) is 0 Å². The van der Waals surface area contributed by atoms with Crippen LogP contribution in [-0.4, -0.2) is 6.61 Å². The molecule has 0 aliphatic carbocycles. The lowest BCUT2D eigenvalue weighted by atomic mass is 10.1. The third-order valence-electron chi connectivity index (χ3n) is 2.17. The molecule has 16 heavy (non-hydrogen) atoms. The van der Waals surface area contributed by atoms with Gasteiger partial charge in [0, 0.05) is 12.2 Å². The van der Waals surface area contributed by atoms with Gasteiger partial charge in [-0.3, -0.25) is 0 Å². The van der Waals surface area contributed by atoms with Crippen molar-refractivity contribution in [1.82, 2.24) is 0 Å². The standard InChI is InChI=1S/C11H12F4O/c1-3-4-16-5-7-10(14)8(12)6(2)9(13)11(7)15/h3-5H2,1-2H3. The molecule has 90 valence electrons. The van der Waals surface area contributed by atoms with Crippen molar-refractivity contribution < 1.29 is 22.3 Å². The van der Waals surface area contributed by atoms with Crippen LogP contribution in [0.4, 0.5) is 17.6 Å². The predicted octanol–water partition coefficient (Wildman–Crippen LogP) is 3.48. The van der Waals surface area contributed by atoms with Crippen molar-refractivity contribution in [3.05, 3.63) is 34.4 Å². The first-order chi connectivity index (χ1) is 7.50. The Hall–Kier alpha value is -1.10. The Balaban J connectivity index is 3.08. The maximum atomic E-state index is 13.3. The summed E-state index contributed by atoms with van der Waals surface area (Å²) in [5.41, 5.74) is -1.36. The van der Waals surface area contributed by atoms with Crippen molar-refractivity contribution in [2.45, 2.75) is 26.9 Å². The van der Waals surface area contributed by atoms with Gasteiger partial charge in [-0.2, -0.15) is 0 Å². The minimum Gasteiger partial charge on any atom is -0.377 e. The summed E-state index contributed by atoms with van der Waals surface area (Å²) in [6.07, 6.45) is 0.653. The van der Waals surface area contributed by atoms with E-state index in [0.29, 0.717) is 6.42 Å². The zero-order valence-electron chi connectivity index (χ0n) is 9.04. The molecular formula is C11H12F4O. The molecule has 0 aliphatic heterocycles. The van der Waals surface area contributed by atoms with Crippen molar-refractivity contribution in [1.29, 1.82) is 0 Å². The molecule has 0 N–H and O–H groups in total. The highest BCUT2D eigenvalue weighted by atomic mass is 19.2. The Labute approximate surface area is 91.0 Å². The molecule has 0 atom stereocenters. The SMILES string of the molecule is CCCOCc1c(F)c(F)c(C)c(F)c1F. The summed E-state index contributed by atoms with van der Waals surface area (Å²) in [4.78, 5) is 0. The van der Waals surface area contributed by atoms with E-state index in [2.05, 4.69) is 0 Å². The highest BCUT2D eigenvalue weighted by Crippen LogP contribution is 2.23. The number of halogens is 4. The fourth-order valence-electron chi connectivity index (χ4n) is 1.23. The largest absolute Gasteiger partial charge is 0.377 e. The van der Waals surface area contributed by atoms with Crippen molar-refractivity contribution >= 4 is 0 Å². The van der Waals surface area contributed by atoms with Crippen LogP contribution in [0.25, 0.3) is 0 Å². The van der Waals surface area contributed by atoms with Crippen LogP contribution in [0.1, 0.15) is 24.5 Å². The van der Waals surface area contributed by atoms with Crippen molar-refractivity contribution in [3.8, 4) is 0 Å². The zero-order valence-corrected chi connectivity index (χ0v) is 9.04. The Morgan fingerprint density at radius 2 is 1.44 bits per heavy atom. The fraction of sp³-hybridized carbons (Fsp3) is 0.455. The van der Waals surface area contributed by atoms with Crippen LogP contribution in [0.5, 0.6) is 0 Å². The number of benzene rings is 1. The molecule has 0 unspecified atom stereocenters. The normalized spacial score (nSPS) is 10.9. The van der Waals surface area contributed by atoms with E-state index in [-0.39, 0.29) is 6.61 Å². The molecule has 0 amide bonds. The molecule has 1 aromatic rings. The number of ether oxygens (including phenoxy) is 1. The Bertz CT molecular complexity index is 361. The van der Waals surface area contributed by atoms with E-state index in [1.165, 1.54) is 0 Å². The van der Waals surface area contributed by atoms with Crippen LogP contribution in [0.2, 0.25) is 0 Å². The Morgan fingerprint density at radius 3 is 1.88 bits per heavy atom. The molecule has 0 saturated carbocycles. The van der Waals surface area contributed by atoms with Crippen LogP contribution in [0, 0.1) is 30.2 Å². The van der Waals surface area contributed by atoms with Crippen LogP contribution >= 0.6 is 0 Å². The summed E-state index contributed by atoms with van der Waals surface area (Å²) < 4.78 is 57.6. The van der Waals surface area contributed by atoms with E-state index < -0.39 is 41.0 Å². The van der Waals surface area contributed by atoms with Gasteiger partial charge in [-0.1, -0.05) is 6.92 Å². The summed E-state index contributed by atoms with van der Waals surface area (Å²) in [6, 6.07) is 0. The van der Waals surface area contributed by atoms with Crippen LogP contribution in [-0.2, 0) is 11.3 Å². The highest BCUT2D eigenvalue weighted by molar-refractivity contribution is 5.28. The van der Waals surface area contributed by atoms with Gasteiger partial charge >= 0.3 is 0 Å². The van der Waals surface area contributed by atoms with Crippen LogP contribution in [0.15, 0.2) is 0 Å². The van der Waals surface area contributed by atoms with E-state index >= 15 is 0 Å². The minimum absolute atomic E-state index is 0.274.